The van der Waals surface area contributed by atoms with Gasteiger partial charge < -0.3 is 23.7 Å². The summed E-state index contributed by atoms with van der Waals surface area (Å²) in [6.45, 7) is 2.35. The molecule has 31 heavy (non-hydrogen) atoms. The molecule has 10 heteroatoms. The van der Waals surface area contributed by atoms with Crippen LogP contribution in [0.3, 0.4) is 0 Å². The van der Waals surface area contributed by atoms with Crippen LogP contribution in [0.4, 0.5) is 22.0 Å². The van der Waals surface area contributed by atoms with Crippen LogP contribution in [0.1, 0.15) is 44.5 Å². The fraction of sp³-hybridized carbons (Fsp3) is 0.714. The van der Waals surface area contributed by atoms with E-state index in [1.807, 2.05) is 0 Å². The van der Waals surface area contributed by atoms with Gasteiger partial charge in [-0.05, 0) is 31.4 Å². The van der Waals surface area contributed by atoms with Crippen molar-refractivity contribution in [2.45, 2.75) is 51.4 Å². The number of ether oxygens (including phenoxy) is 5. The van der Waals surface area contributed by atoms with Crippen LogP contribution in [0.5, 0.6) is 5.75 Å². The summed E-state index contributed by atoms with van der Waals surface area (Å²) in [6.07, 6.45) is -2.36. The highest BCUT2D eigenvalue weighted by Gasteiger charge is 2.31. The molecule has 1 aromatic carbocycles. The number of alkyl halides is 3. The van der Waals surface area contributed by atoms with Gasteiger partial charge in [-0.25, -0.2) is 8.78 Å². The molecular formula is C21H27F5O5. The van der Waals surface area contributed by atoms with Gasteiger partial charge in [-0.15, -0.1) is 0 Å². The molecule has 0 bridgehead atoms. The van der Waals surface area contributed by atoms with Gasteiger partial charge in [0, 0.05) is 17.4 Å². The molecule has 176 valence electrons. The van der Waals surface area contributed by atoms with Crippen LogP contribution in [0.25, 0.3) is 0 Å². The Bertz CT molecular complexity index is 675. The van der Waals surface area contributed by atoms with Gasteiger partial charge in [0.05, 0.1) is 26.4 Å². The number of halogens is 5. The highest BCUT2D eigenvalue weighted by Crippen LogP contribution is 2.32. The van der Waals surface area contributed by atoms with E-state index in [1.54, 1.807) is 0 Å². The Morgan fingerprint density at radius 3 is 1.97 bits per heavy atom. The van der Waals surface area contributed by atoms with Gasteiger partial charge in [-0.3, -0.25) is 0 Å². The van der Waals surface area contributed by atoms with E-state index in [0.29, 0.717) is 38.8 Å². The van der Waals surface area contributed by atoms with Crippen LogP contribution in [0.2, 0.25) is 0 Å². The van der Waals surface area contributed by atoms with Gasteiger partial charge in [0.25, 0.3) is 0 Å². The smallest absolute Gasteiger partial charge is 0.422 e. The highest BCUT2D eigenvalue weighted by molar-refractivity contribution is 5.32. The molecule has 0 atom stereocenters. The lowest BCUT2D eigenvalue weighted by molar-refractivity contribution is -0.220. The molecule has 0 aromatic heterocycles. The zero-order valence-electron chi connectivity index (χ0n) is 17.3. The van der Waals surface area contributed by atoms with Gasteiger partial charge in [-0.1, -0.05) is 13.3 Å². The van der Waals surface area contributed by atoms with Gasteiger partial charge >= 0.3 is 6.18 Å². The van der Waals surface area contributed by atoms with Crippen molar-refractivity contribution in [2.75, 3.05) is 33.0 Å². The Morgan fingerprint density at radius 2 is 1.42 bits per heavy atom. The van der Waals surface area contributed by atoms with Crippen LogP contribution < -0.4 is 4.74 Å². The molecule has 0 aliphatic carbocycles. The minimum absolute atomic E-state index is 0.0359. The maximum atomic E-state index is 14.0. The second-order valence-corrected chi connectivity index (χ2v) is 7.91. The predicted octanol–water partition coefficient (Wildman–Crippen LogP) is 5.14. The van der Waals surface area contributed by atoms with E-state index in [-0.39, 0.29) is 17.8 Å². The van der Waals surface area contributed by atoms with Gasteiger partial charge in [0.2, 0.25) is 0 Å². The quantitative estimate of drug-likeness (QED) is 0.510. The summed E-state index contributed by atoms with van der Waals surface area (Å²) in [5, 5.41) is 0. The minimum atomic E-state index is -4.70. The molecule has 2 heterocycles. The Labute approximate surface area is 177 Å². The van der Waals surface area contributed by atoms with Crippen molar-refractivity contribution >= 4 is 0 Å². The molecule has 3 rings (SSSR count). The monoisotopic (exact) mass is 454 g/mol. The third-order valence-electron chi connectivity index (χ3n) is 5.18. The van der Waals surface area contributed by atoms with E-state index in [0.717, 1.165) is 31.4 Å². The lowest BCUT2D eigenvalue weighted by Crippen LogP contribution is -2.33. The lowest BCUT2D eigenvalue weighted by Gasteiger charge is -2.32. The molecule has 2 aliphatic heterocycles. The van der Waals surface area contributed by atoms with Crippen molar-refractivity contribution in [1.82, 2.24) is 0 Å². The largest absolute Gasteiger partial charge is 0.478 e. The first kappa shape index (κ1) is 24.2. The normalized spacial score (nSPS) is 27.3. The summed E-state index contributed by atoms with van der Waals surface area (Å²) < 4.78 is 91.6. The summed E-state index contributed by atoms with van der Waals surface area (Å²) in [6, 6.07) is 1.71. The first-order valence-electron chi connectivity index (χ1n) is 10.4. The Hall–Kier alpha value is -1.49. The molecule has 2 aliphatic rings. The number of hydrogen-bond acceptors (Lipinski definition) is 5. The molecule has 0 saturated carbocycles. The maximum Gasteiger partial charge on any atom is 0.422 e. The Balaban J connectivity index is 1.44. The van der Waals surface area contributed by atoms with Crippen molar-refractivity contribution < 1.29 is 45.6 Å². The van der Waals surface area contributed by atoms with Crippen LogP contribution >= 0.6 is 0 Å². The highest BCUT2D eigenvalue weighted by atomic mass is 19.4. The van der Waals surface area contributed by atoms with Crippen molar-refractivity contribution in [3.63, 3.8) is 0 Å². The van der Waals surface area contributed by atoms with E-state index in [9.17, 15) is 22.0 Å². The van der Waals surface area contributed by atoms with Crippen LogP contribution in [-0.2, 0) is 18.9 Å². The molecule has 2 saturated heterocycles. The van der Waals surface area contributed by atoms with Crippen LogP contribution in [0, 0.1) is 23.5 Å². The van der Waals surface area contributed by atoms with Crippen molar-refractivity contribution in [3.05, 3.63) is 29.3 Å². The van der Waals surface area contributed by atoms with E-state index >= 15 is 0 Å². The third kappa shape index (κ3) is 7.27. The Morgan fingerprint density at radius 1 is 0.871 bits per heavy atom. The number of rotatable bonds is 8. The fourth-order valence-corrected chi connectivity index (χ4v) is 3.61. The fourth-order valence-electron chi connectivity index (χ4n) is 3.61. The van der Waals surface area contributed by atoms with E-state index in [4.69, 9.17) is 18.9 Å². The average Bonchev–Trinajstić information content (AvgIpc) is 2.72. The first-order valence-corrected chi connectivity index (χ1v) is 10.4. The van der Waals surface area contributed by atoms with Crippen LogP contribution in [-0.4, -0.2) is 45.5 Å². The molecule has 5 nitrogen and oxygen atoms in total. The maximum absolute atomic E-state index is 14.0. The second-order valence-electron chi connectivity index (χ2n) is 7.91. The molecule has 1 aromatic rings. The number of benzene rings is 1. The summed E-state index contributed by atoms with van der Waals surface area (Å²) in [4.78, 5) is 0. The Kier molecular flexibility index (Phi) is 8.49. The third-order valence-corrected chi connectivity index (χ3v) is 5.18. The summed E-state index contributed by atoms with van der Waals surface area (Å²) in [5.41, 5.74) is 0.0359. The lowest BCUT2D eigenvalue weighted by atomic mass is 10.0. The zero-order valence-corrected chi connectivity index (χ0v) is 17.3. The topological polar surface area (TPSA) is 46.2 Å². The molecule has 0 unspecified atom stereocenters. The van der Waals surface area contributed by atoms with E-state index < -0.39 is 36.5 Å². The number of hydrogen-bond donors (Lipinski definition) is 0. The van der Waals surface area contributed by atoms with E-state index in [2.05, 4.69) is 11.7 Å². The van der Waals surface area contributed by atoms with Gasteiger partial charge in [0.1, 0.15) is 0 Å². The minimum Gasteiger partial charge on any atom is -0.478 e. The predicted molar refractivity (Wildman–Crippen MR) is 99.4 cm³/mol. The summed E-state index contributed by atoms with van der Waals surface area (Å²) in [7, 11) is 0. The first-order chi connectivity index (χ1) is 14.7. The molecule has 0 radical (unpaired) electrons. The van der Waals surface area contributed by atoms with Crippen molar-refractivity contribution in [1.29, 1.82) is 0 Å². The molecule has 0 amide bonds. The molecule has 2 fully saturated rings. The van der Waals surface area contributed by atoms with Crippen molar-refractivity contribution in [2.24, 2.45) is 11.8 Å². The van der Waals surface area contributed by atoms with Crippen LogP contribution in [0.15, 0.2) is 12.1 Å². The zero-order chi connectivity index (χ0) is 22.4. The van der Waals surface area contributed by atoms with Crippen molar-refractivity contribution in [3.8, 4) is 5.75 Å². The van der Waals surface area contributed by atoms with Gasteiger partial charge in [0.15, 0.2) is 36.6 Å². The average molecular weight is 454 g/mol. The molecule has 0 spiro atoms. The molecule has 0 N–H and O–H groups in total. The second kappa shape index (κ2) is 10.9. The standard InChI is InChI=1S/C21H27F5O5/c1-2-3-13-8-27-18(28-9-13)5-4-14-10-29-20(30-11-14)15-6-16(22)19(17(23)7-15)31-12-21(24,25)26/h6-7,13-14,18,20H,2-5,8-12H2,1H3. The summed E-state index contributed by atoms with van der Waals surface area (Å²) in [5.74, 6) is -3.07. The SMILES string of the molecule is CCCC1COC(CCC2COC(c3cc(F)c(OCC(F)(F)F)c(F)c3)OC2)OC1. The van der Waals surface area contributed by atoms with E-state index in [1.165, 1.54) is 0 Å². The van der Waals surface area contributed by atoms with Gasteiger partial charge in [-0.2, -0.15) is 13.2 Å². The summed E-state index contributed by atoms with van der Waals surface area (Å²) >= 11 is 0. The molecular weight excluding hydrogens is 427 g/mol.